The van der Waals surface area contributed by atoms with Gasteiger partial charge in [0.2, 0.25) is 0 Å². The minimum absolute atomic E-state index is 0.462. The Kier molecular flexibility index (Phi) is 6.13. The van der Waals surface area contributed by atoms with Gasteiger partial charge in [-0.2, -0.15) is 0 Å². The first kappa shape index (κ1) is 16.0. The second kappa shape index (κ2) is 6.91. The molecule has 1 fully saturated rings. The molecule has 2 atom stereocenters. The van der Waals surface area contributed by atoms with E-state index in [1.807, 2.05) is 0 Å². The van der Waals surface area contributed by atoms with Gasteiger partial charge in [-0.1, -0.05) is 41.5 Å². The monoisotopic (exact) mass is 254 g/mol. The third-order valence-corrected chi connectivity index (χ3v) is 3.78. The molecule has 0 aromatic heterocycles. The van der Waals surface area contributed by atoms with Gasteiger partial charge >= 0.3 is 0 Å². The molecule has 1 saturated heterocycles. The molecule has 0 bridgehead atoms. The van der Waals surface area contributed by atoms with Gasteiger partial charge in [-0.3, -0.25) is 0 Å². The lowest BCUT2D eigenvalue weighted by molar-refractivity contribution is 0.117. The fourth-order valence-corrected chi connectivity index (χ4v) is 3.13. The number of nitrogens with one attached hydrogen (secondary N) is 1. The van der Waals surface area contributed by atoms with Gasteiger partial charge in [-0.15, -0.1) is 0 Å². The molecule has 1 heterocycles. The average molecular weight is 254 g/mol. The molecule has 0 radical (unpaired) electrons. The van der Waals surface area contributed by atoms with Crippen molar-refractivity contribution in [1.82, 2.24) is 10.2 Å². The maximum atomic E-state index is 3.76. The molecule has 0 saturated carbocycles. The summed E-state index contributed by atoms with van der Waals surface area (Å²) in [6.45, 7) is 18.9. The lowest BCUT2D eigenvalue weighted by Gasteiger charge is -2.40. The SMILES string of the molecule is CCN1CC(CC(C)(C)C)CC(NCC(C)C)C1. The summed E-state index contributed by atoms with van der Waals surface area (Å²) in [5.74, 6) is 1.62. The summed E-state index contributed by atoms with van der Waals surface area (Å²) in [4.78, 5) is 2.62. The Hall–Kier alpha value is -0.0800. The number of likely N-dealkylation sites (tertiary alicyclic amines) is 1. The molecule has 1 aliphatic heterocycles. The van der Waals surface area contributed by atoms with Gasteiger partial charge < -0.3 is 10.2 Å². The smallest absolute Gasteiger partial charge is 0.0198 e. The van der Waals surface area contributed by atoms with Crippen LogP contribution in [0.5, 0.6) is 0 Å². The molecule has 1 N–H and O–H groups in total. The van der Waals surface area contributed by atoms with Gasteiger partial charge in [0.1, 0.15) is 0 Å². The second-order valence-corrected chi connectivity index (χ2v) is 7.72. The Morgan fingerprint density at radius 2 is 1.89 bits per heavy atom. The van der Waals surface area contributed by atoms with E-state index < -0.39 is 0 Å². The van der Waals surface area contributed by atoms with E-state index in [1.54, 1.807) is 0 Å². The van der Waals surface area contributed by atoms with E-state index in [4.69, 9.17) is 0 Å². The van der Waals surface area contributed by atoms with Gasteiger partial charge in [0.25, 0.3) is 0 Å². The lowest BCUT2D eigenvalue weighted by Crippen LogP contribution is -2.50. The molecule has 1 rings (SSSR count). The zero-order valence-electron chi connectivity index (χ0n) is 13.4. The summed E-state index contributed by atoms with van der Waals surface area (Å²) in [5.41, 5.74) is 0.462. The van der Waals surface area contributed by atoms with Crippen molar-refractivity contribution in [2.45, 2.75) is 60.4 Å². The Labute approximate surface area is 115 Å². The standard InChI is InChI=1S/C16H34N2/c1-7-18-11-14(9-16(4,5)6)8-15(12-18)17-10-13(2)3/h13-15,17H,7-12H2,1-6H3. The van der Waals surface area contributed by atoms with E-state index in [1.165, 1.54) is 32.5 Å². The van der Waals surface area contributed by atoms with Crippen LogP contribution in [-0.4, -0.2) is 37.1 Å². The van der Waals surface area contributed by atoms with E-state index in [0.29, 0.717) is 11.5 Å². The third-order valence-electron chi connectivity index (χ3n) is 3.78. The molecule has 0 spiro atoms. The van der Waals surface area contributed by atoms with Crippen LogP contribution in [0, 0.1) is 17.3 Å². The zero-order valence-corrected chi connectivity index (χ0v) is 13.4. The van der Waals surface area contributed by atoms with E-state index in [-0.39, 0.29) is 0 Å². The van der Waals surface area contributed by atoms with E-state index in [9.17, 15) is 0 Å². The third kappa shape index (κ3) is 6.19. The van der Waals surface area contributed by atoms with Crippen LogP contribution in [-0.2, 0) is 0 Å². The van der Waals surface area contributed by atoms with E-state index in [0.717, 1.165) is 18.4 Å². The first-order valence-corrected chi connectivity index (χ1v) is 7.76. The number of hydrogen-bond acceptors (Lipinski definition) is 2. The number of nitrogens with zero attached hydrogens (tertiary/aromatic N) is 1. The molecule has 0 aromatic carbocycles. The van der Waals surface area contributed by atoms with E-state index >= 15 is 0 Å². The van der Waals surface area contributed by atoms with Gasteiger partial charge in [0.05, 0.1) is 0 Å². The van der Waals surface area contributed by atoms with Crippen molar-refractivity contribution in [2.24, 2.45) is 17.3 Å². The summed E-state index contributed by atoms with van der Waals surface area (Å²) in [6, 6.07) is 0.702. The van der Waals surface area contributed by atoms with Crippen LogP contribution in [0.4, 0.5) is 0 Å². The second-order valence-electron chi connectivity index (χ2n) is 7.72. The van der Waals surface area contributed by atoms with Crippen molar-refractivity contribution < 1.29 is 0 Å². The van der Waals surface area contributed by atoms with Gasteiger partial charge in [0, 0.05) is 19.1 Å². The molecule has 2 unspecified atom stereocenters. The molecular formula is C16H34N2. The first-order valence-electron chi connectivity index (χ1n) is 7.76. The lowest BCUT2D eigenvalue weighted by atomic mass is 9.80. The highest BCUT2D eigenvalue weighted by molar-refractivity contribution is 4.85. The van der Waals surface area contributed by atoms with Crippen molar-refractivity contribution in [3.63, 3.8) is 0 Å². The van der Waals surface area contributed by atoms with Crippen LogP contribution < -0.4 is 5.32 Å². The van der Waals surface area contributed by atoms with Crippen LogP contribution in [0.1, 0.15) is 54.4 Å². The van der Waals surface area contributed by atoms with Crippen LogP contribution in [0.2, 0.25) is 0 Å². The summed E-state index contributed by atoms with van der Waals surface area (Å²) in [6.07, 6.45) is 2.71. The molecule has 2 nitrogen and oxygen atoms in total. The van der Waals surface area contributed by atoms with E-state index in [2.05, 4.69) is 51.8 Å². The van der Waals surface area contributed by atoms with Gasteiger partial charge in [-0.25, -0.2) is 0 Å². The van der Waals surface area contributed by atoms with Gasteiger partial charge in [0.15, 0.2) is 0 Å². The van der Waals surface area contributed by atoms with Crippen molar-refractivity contribution in [1.29, 1.82) is 0 Å². The Bertz CT molecular complexity index is 230. The van der Waals surface area contributed by atoms with Crippen molar-refractivity contribution in [3.8, 4) is 0 Å². The summed E-state index contributed by atoms with van der Waals surface area (Å²) in [7, 11) is 0. The summed E-state index contributed by atoms with van der Waals surface area (Å²) in [5, 5.41) is 3.76. The molecule has 2 heteroatoms. The molecule has 0 aromatic rings. The van der Waals surface area contributed by atoms with Crippen molar-refractivity contribution in [3.05, 3.63) is 0 Å². The minimum Gasteiger partial charge on any atom is -0.312 e. The highest BCUT2D eigenvalue weighted by atomic mass is 15.2. The molecule has 0 amide bonds. The zero-order chi connectivity index (χ0) is 13.8. The summed E-state index contributed by atoms with van der Waals surface area (Å²) >= 11 is 0. The van der Waals surface area contributed by atoms with Crippen molar-refractivity contribution in [2.75, 3.05) is 26.2 Å². The number of rotatable bonds is 5. The quantitative estimate of drug-likeness (QED) is 0.809. The molecule has 0 aliphatic carbocycles. The van der Waals surface area contributed by atoms with Crippen molar-refractivity contribution >= 4 is 0 Å². The minimum atomic E-state index is 0.462. The number of likely N-dealkylation sites (N-methyl/N-ethyl adjacent to an activating group) is 1. The Morgan fingerprint density at radius 3 is 2.39 bits per heavy atom. The normalized spacial score (nSPS) is 26.8. The Morgan fingerprint density at radius 1 is 1.22 bits per heavy atom. The number of hydrogen-bond donors (Lipinski definition) is 1. The maximum absolute atomic E-state index is 3.76. The largest absolute Gasteiger partial charge is 0.312 e. The molecular weight excluding hydrogens is 220 g/mol. The number of piperidine rings is 1. The van der Waals surface area contributed by atoms with Crippen LogP contribution in [0.3, 0.4) is 0 Å². The summed E-state index contributed by atoms with van der Waals surface area (Å²) < 4.78 is 0. The predicted molar refractivity (Wildman–Crippen MR) is 80.9 cm³/mol. The fourth-order valence-electron chi connectivity index (χ4n) is 3.13. The predicted octanol–water partition coefficient (Wildman–Crippen LogP) is 3.38. The van der Waals surface area contributed by atoms with Crippen LogP contribution in [0.25, 0.3) is 0 Å². The molecule has 108 valence electrons. The topological polar surface area (TPSA) is 15.3 Å². The van der Waals surface area contributed by atoms with Crippen LogP contribution in [0.15, 0.2) is 0 Å². The Balaban J connectivity index is 2.49. The van der Waals surface area contributed by atoms with Crippen LogP contribution >= 0.6 is 0 Å². The highest BCUT2D eigenvalue weighted by Crippen LogP contribution is 2.30. The first-order chi connectivity index (χ1) is 8.30. The molecule has 1 aliphatic rings. The fraction of sp³-hybridized carbons (Fsp3) is 1.00. The molecule has 18 heavy (non-hydrogen) atoms. The maximum Gasteiger partial charge on any atom is 0.0198 e. The van der Waals surface area contributed by atoms with Gasteiger partial charge in [-0.05, 0) is 43.2 Å². The average Bonchev–Trinajstić information content (AvgIpc) is 2.23. The highest BCUT2D eigenvalue weighted by Gasteiger charge is 2.29.